The van der Waals surface area contributed by atoms with Crippen molar-refractivity contribution in [3.05, 3.63) is 28.2 Å². The van der Waals surface area contributed by atoms with Gasteiger partial charge in [-0.05, 0) is 31.0 Å². The maximum Gasteiger partial charge on any atom is 0.225 e. The van der Waals surface area contributed by atoms with Crippen LogP contribution in [0.2, 0.25) is 10.0 Å². The highest BCUT2D eigenvalue weighted by Gasteiger charge is 2.17. The van der Waals surface area contributed by atoms with Gasteiger partial charge in [-0.3, -0.25) is 4.79 Å². The minimum Gasteiger partial charge on any atom is -0.393 e. The van der Waals surface area contributed by atoms with Crippen molar-refractivity contribution in [2.45, 2.75) is 25.4 Å². The van der Waals surface area contributed by atoms with E-state index in [1.165, 1.54) is 0 Å². The van der Waals surface area contributed by atoms with Crippen LogP contribution in [0.3, 0.4) is 0 Å². The number of hydrogen-bond donors (Lipinski definition) is 2. The fourth-order valence-electron chi connectivity index (χ4n) is 2.21. The number of nitrogens with zero attached hydrogens (tertiary/aromatic N) is 1. The highest BCUT2D eigenvalue weighted by Crippen LogP contribution is 2.25. The number of rotatable bonds is 4. The van der Waals surface area contributed by atoms with E-state index >= 15 is 0 Å². The molecule has 0 bridgehead atoms. The molecule has 0 spiro atoms. The second kappa shape index (κ2) is 7.27. The summed E-state index contributed by atoms with van der Waals surface area (Å²) in [6, 6.07) is 4.98. The lowest BCUT2D eigenvalue weighted by Gasteiger charge is -2.29. The van der Waals surface area contributed by atoms with Crippen LogP contribution in [0.5, 0.6) is 0 Å². The van der Waals surface area contributed by atoms with Crippen molar-refractivity contribution in [3.8, 4) is 0 Å². The summed E-state index contributed by atoms with van der Waals surface area (Å²) >= 11 is 11.9. The van der Waals surface area contributed by atoms with Gasteiger partial charge in [-0.1, -0.05) is 23.2 Å². The number of carbonyl (C=O) groups is 1. The molecule has 1 heterocycles. The fraction of sp³-hybridized carbons (Fsp3) is 0.500. The first-order valence-electron chi connectivity index (χ1n) is 6.70. The van der Waals surface area contributed by atoms with Gasteiger partial charge < -0.3 is 15.3 Å². The monoisotopic (exact) mass is 316 g/mol. The van der Waals surface area contributed by atoms with E-state index in [9.17, 15) is 9.90 Å². The summed E-state index contributed by atoms with van der Waals surface area (Å²) in [5.74, 6) is -0.0831. The Morgan fingerprint density at radius 3 is 2.75 bits per heavy atom. The van der Waals surface area contributed by atoms with Crippen LogP contribution in [0.4, 0.5) is 5.69 Å². The fourth-order valence-corrected chi connectivity index (χ4v) is 2.55. The number of carbonyl (C=O) groups excluding carboxylic acids is 1. The second-order valence-corrected chi connectivity index (χ2v) is 5.84. The Morgan fingerprint density at radius 1 is 1.35 bits per heavy atom. The number of amides is 1. The van der Waals surface area contributed by atoms with Crippen LogP contribution in [0.25, 0.3) is 0 Å². The van der Waals surface area contributed by atoms with Gasteiger partial charge in [0.15, 0.2) is 0 Å². The zero-order valence-electron chi connectivity index (χ0n) is 11.1. The summed E-state index contributed by atoms with van der Waals surface area (Å²) in [5, 5.41) is 13.2. The Morgan fingerprint density at radius 2 is 2.05 bits per heavy atom. The third-order valence-electron chi connectivity index (χ3n) is 3.41. The highest BCUT2D eigenvalue weighted by molar-refractivity contribution is 6.35. The molecule has 0 aliphatic carbocycles. The van der Waals surface area contributed by atoms with Crippen molar-refractivity contribution >= 4 is 34.8 Å². The standard InChI is InChI=1S/C14H18Cl2N2O2/c15-10-1-2-12(16)13(9-10)17-14(20)5-8-18-6-3-11(19)4-7-18/h1-2,9,11,19H,3-8H2,(H,17,20). The van der Waals surface area contributed by atoms with E-state index in [1.54, 1.807) is 18.2 Å². The molecule has 1 saturated heterocycles. The van der Waals surface area contributed by atoms with E-state index in [2.05, 4.69) is 10.2 Å². The Balaban J connectivity index is 1.79. The first-order chi connectivity index (χ1) is 9.54. The summed E-state index contributed by atoms with van der Waals surface area (Å²) in [6.07, 6.45) is 1.77. The molecule has 2 rings (SSSR count). The number of likely N-dealkylation sites (tertiary alicyclic amines) is 1. The molecule has 1 aromatic rings. The maximum absolute atomic E-state index is 11.9. The Kier molecular flexibility index (Phi) is 5.66. The number of aliphatic hydroxyl groups excluding tert-OH is 1. The lowest BCUT2D eigenvalue weighted by Crippen LogP contribution is -2.37. The van der Waals surface area contributed by atoms with Gasteiger partial charge in [-0.25, -0.2) is 0 Å². The van der Waals surface area contributed by atoms with E-state index in [-0.39, 0.29) is 12.0 Å². The normalized spacial score (nSPS) is 17.1. The van der Waals surface area contributed by atoms with Gasteiger partial charge in [0.25, 0.3) is 0 Å². The lowest BCUT2D eigenvalue weighted by molar-refractivity contribution is -0.116. The van der Waals surface area contributed by atoms with Gasteiger partial charge >= 0.3 is 0 Å². The number of aliphatic hydroxyl groups is 1. The van der Waals surface area contributed by atoms with Crippen LogP contribution in [-0.2, 0) is 4.79 Å². The van der Waals surface area contributed by atoms with Gasteiger partial charge in [0.05, 0.1) is 16.8 Å². The average molecular weight is 317 g/mol. The molecule has 1 aliphatic heterocycles. The number of hydrogen-bond acceptors (Lipinski definition) is 3. The Bertz CT molecular complexity index is 474. The molecule has 1 amide bonds. The molecule has 0 aromatic heterocycles. The SMILES string of the molecule is O=C(CCN1CCC(O)CC1)Nc1cc(Cl)ccc1Cl. The molecule has 1 fully saturated rings. The smallest absolute Gasteiger partial charge is 0.225 e. The third kappa shape index (κ3) is 4.63. The van der Waals surface area contributed by atoms with Crippen LogP contribution in [0, 0.1) is 0 Å². The summed E-state index contributed by atoms with van der Waals surface area (Å²) in [7, 11) is 0. The van der Waals surface area contributed by atoms with Crippen LogP contribution in [-0.4, -0.2) is 41.7 Å². The van der Waals surface area contributed by atoms with Crippen molar-refractivity contribution in [1.29, 1.82) is 0 Å². The van der Waals surface area contributed by atoms with Gasteiger partial charge in [0.1, 0.15) is 0 Å². The van der Waals surface area contributed by atoms with Crippen LogP contribution in [0.15, 0.2) is 18.2 Å². The molecule has 4 nitrogen and oxygen atoms in total. The summed E-state index contributed by atoms with van der Waals surface area (Å²) in [5.41, 5.74) is 0.540. The molecule has 1 aromatic carbocycles. The Hall–Kier alpha value is -0.810. The highest BCUT2D eigenvalue weighted by atomic mass is 35.5. The van der Waals surface area contributed by atoms with Crippen LogP contribution < -0.4 is 5.32 Å². The molecule has 1 aliphatic rings. The second-order valence-electron chi connectivity index (χ2n) is 5.00. The first kappa shape index (κ1) is 15.6. The number of anilines is 1. The maximum atomic E-state index is 11.9. The predicted molar refractivity (Wildman–Crippen MR) is 81.4 cm³/mol. The molecule has 0 unspecified atom stereocenters. The van der Waals surface area contributed by atoms with Crippen molar-refractivity contribution in [3.63, 3.8) is 0 Å². The topological polar surface area (TPSA) is 52.6 Å². The molecule has 6 heteroatoms. The summed E-state index contributed by atoms with van der Waals surface area (Å²) < 4.78 is 0. The summed E-state index contributed by atoms with van der Waals surface area (Å²) in [6.45, 7) is 2.37. The lowest BCUT2D eigenvalue weighted by atomic mass is 10.1. The third-order valence-corrected chi connectivity index (χ3v) is 3.98. The molecular weight excluding hydrogens is 299 g/mol. The van der Waals surface area contributed by atoms with Crippen molar-refractivity contribution < 1.29 is 9.90 Å². The molecular formula is C14H18Cl2N2O2. The van der Waals surface area contributed by atoms with E-state index in [4.69, 9.17) is 23.2 Å². The predicted octanol–water partition coefficient (Wildman–Crippen LogP) is 2.78. The molecule has 0 saturated carbocycles. The Labute approximate surface area is 128 Å². The van der Waals surface area contributed by atoms with Crippen molar-refractivity contribution in [1.82, 2.24) is 4.90 Å². The average Bonchev–Trinajstić information content (AvgIpc) is 2.42. The number of halogens is 2. The van der Waals surface area contributed by atoms with Gasteiger partial charge in [0.2, 0.25) is 5.91 Å². The minimum absolute atomic E-state index is 0.0831. The molecule has 0 atom stereocenters. The van der Waals surface area contributed by atoms with E-state index in [1.807, 2.05) is 0 Å². The zero-order chi connectivity index (χ0) is 14.5. The van der Waals surface area contributed by atoms with Crippen LogP contribution >= 0.6 is 23.2 Å². The molecule has 2 N–H and O–H groups in total. The summed E-state index contributed by atoms with van der Waals surface area (Å²) in [4.78, 5) is 14.1. The molecule has 110 valence electrons. The largest absolute Gasteiger partial charge is 0.393 e. The number of benzene rings is 1. The number of nitrogens with one attached hydrogen (secondary N) is 1. The molecule has 0 radical (unpaired) electrons. The van der Waals surface area contributed by atoms with E-state index in [0.29, 0.717) is 28.7 Å². The van der Waals surface area contributed by atoms with Gasteiger partial charge in [-0.2, -0.15) is 0 Å². The molecule has 20 heavy (non-hydrogen) atoms. The zero-order valence-corrected chi connectivity index (χ0v) is 12.6. The van der Waals surface area contributed by atoms with Crippen LogP contribution in [0.1, 0.15) is 19.3 Å². The van der Waals surface area contributed by atoms with Gasteiger partial charge in [-0.15, -0.1) is 0 Å². The van der Waals surface area contributed by atoms with Crippen molar-refractivity contribution in [2.75, 3.05) is 25.0 Å². The van der Waals surface area contributed by atoms with Crippen molar-refractivity contribution in [2.24, 2.45) is 0 Å². The van der Waals surface area contributed by atoms with E-state index < -0.39 is 0 Å². The minimum atomic E-state index is -0.189. The van der Waals surface area contributed by atoms with Gasteiger partial charge in [0, 0.05) is 31.1 Å². The first-order valence-corrected chi connectivity index (χ1v) is 7.45. The quantitative estimate of drug-likeness (QED) is 0.898. The van der Waals surface area contributed by atoms with E-state index in [0.717, 1.165) is 25.9 Å². The number of piperidine rings is 1.